The number of hydrogen-bond acceptors (Lipinski definition) is 6. The van der Waals surface area contributed by atoms with Crippen LogP contribution in [0.3, 0.4) is 0 Å². The molecule has 0 aliphatic carbocycles. The predicted octanol–water partition coefficient (Wildman–Crippen LogP) is 1.76. The predicted molar refractivity (Wildman–Crippen MR) is 99.0 cm³/mol. The van der Waals surface area contributed by atoms with E-state index in [2.05, 4.69) is 25.6 Å². The molecule has 1 N–H and O–H groups in total. The van der Waals surface area contributed by atoms with Gasteiger partial charge in [0, 0.05) is 32.1 Å². The van der Waals surface area contributed by atoms with Crippen molar-refractivity contribution in [2.45, 2.75) is 12.8 Å². The van der Waals surface area contributed by atoms with Crippen molar-refractivity contribution < 1.29 is 4.79 Å². The number of hydrogen-bond donors (Lipinski definition) is 1. The molecular formula is C16H22ClN5OS. The van der Waals surface area contributed by atoms with Gasteiger partial charge in [0.25, 0.3) is 0 Å². The van der Waals surface area contributed by atoms with Crippen LogP contribution in [0.25, 0.3) is 10.2 Å². The highest BCUT2D eigenvalue weighted by Crippen LogP contribution is 2.28. The van der Waals surface area contributed by atoms with E-state index < -0.39 is 0 Å². The molecule has 2 saturated heterocycles. The Balaban J connectivity index is 0.00000169. The van der Waals surface area contributed by atoms with Crippen molar-refractivity contribution in [3.63, 3.8) is 0 Å². The first-order chi connectivity index (χ1) is 11.3. The van der Waals surface area contributed by atoms with Gasteiger partial charge in [0.05, 0.1) is 10.2 Å². The molecule has 24 heavy (non-hydrogen) atoms. The smallest absolute Gasteiger partial charge is 0.225 e. The lowest BCUT2D eigenvalue weighted by Gasteiger charge is -2.37. The van der Waals surface area contributed by atoms with E-state index in [9.17, 15) is 4.79 Å². The van der Waals surface area contributed by atoms with E-state index in [1.807, 2.05) is 11.0 Å². The largest absolute Gasteiger partial charge is 0.352 e. The van der Waals surface area contributed by atoms with Crippen LogP contribution in [0.1, 0.15) is 12.8 Å². The number of rotatable bonds is 2. The zero-order valence-electron chi connectivity index (χ0n) is 13.5. The van der Waals surface area contributed by atoms with Crippen LogP contribution in [0.15, 0.2) is 17.8 Å². The van der Waals surface area contributed by atoms with E-state index in [1.54, 1.807) is 17.7 Å². The van der Waals surface area contributed by atoms with Crippen molar-refractivity contribution in [1.82, 2.24) is 20.2 Å². The van der Waals surface area contributed by atoms with E-state index in [1.165, 1.54) is 0 Å². The Kier molecular flexibility index (Phi) is 5.53. The maximum absolute atomic E-state index is 12.6. The summed E-state index contributed by atoms with van der Waals surface area (Å²) in [6.45, 7) is 5.21. The normalized spacial score (nSPS) is 19.3. The van der Waals surface area contributed by atoms with Crippen LogP contribution in [-0.2, 0) is 4.79 Å². The van der Waals surface area contributed by atoms with E-state index in [0.717, 1.165) is 68.1 Å². The second-order valence-electron chi connectivity index (χ2n) is 6.17. The van der Waals surface area contributed by atoms with E-state index in [-0.39, 0.29) is 18.3 Å². The van der Waals surface area contributed by atoms with Crippen LogP contribution in [0.5, 0.6) is 0 Å². The molecule has 0 radical (unpaired) electrons. The number of amides is 1. The maximum Gasteiger partial charge on any atom is 0.225 e. The summed E-state index contributed by atoms with van der Waals surface area (Å²) in [6.07, 6.45) is 3.58. The Bertz CT molecular complexity index is 695. The van der Waals surface area contributed by atoms with Crippen molar-refractivity contribution in [2.24, 2.45) is 5.92 Å². The molecule has 6 nitrogen and oxygen atoms in total. The fourth-order valence-corrected chi connectivity index (χ4v) is 4.33. The van der Waals surface area contributed by atoms with Gasteiger partial charge in [-0.25, -0.2) is 9.97 Å². The number of aromatic nitrogens is 2. The van der Waals surface area contributed by atoms with Crippen molar-refractivity contribution >= 4 is 45.7 Å². The van der Waals surface area contributed by atoms with Gasteiger partial charge in [0.2, 0.25) is 5.91 Å². The molecule has 0 aromatic carbocycles. The number of nitrogens with zero attached hydrogens (tertiary/aromatic N) is 4. The molecule has 2 aliphatic rings. The van der Waals surface area contributed by atoms with Crippen LogP contribution < -0.4 is 10.2 Å². The molecule has 0 saturated carbocycles. The zero-order valence-corrected chi connectivity index (χ0v) is 15.1. The summed E-state index contributed by atoms with van der Waals surface area (Å²) >= 11 is 1.68. The molecule has 4 rings (SSSR count). The average Bonchev–Trinajstić information content (AvgIpc) is 3.11. The van der Waals surface area contributed by atoms with Gasteiger partial charge >= 0.3 is 0 Å². The summed E-state index contributed by atoms with van der Waals surface area (Å²) in [7, 11) is 0. The zero-order chi connectivity index (χ0) is 15.6. The van der Waals surface area contributed by atoms with E-state index in [0.29, 0.717) is 5.91 Å². The quantitative estimate of drug-likeness (QED) is 0.876. The summed E-state index contributed by atoms with van der Waals surface area (Å²) in [6, 6.07) is 2.03. The van der Waals surface area contributed by atoms with Crippen LogP contribution in [-0.4, -0.2) is 60.0 Å². The van der Waals surface area contributed by atoms with Crippen LogP contribution in [0.2, 0.25) is 0 Å². The third-order valence-electron chi connectivity index (χ3n) is 4.80. The molecule has 8 heteroatoms. The third-order valence-corrected chi connectivity index (χ3v) is 5.70. The molecule has 0 unspecified atom stereocenters. The summed E-state index contributed by atoms with van der Waals surface area (Å²) in [5.74, 6) is 1.57. The van der Waals surface area contributed by atoms with Gasteiger partial charge in [-0.1, -0.05) is 0 Å². The number of halogens is 1. The van der Waals surface area contributed by atoms with Crippen LogP contribution in [0.4, 0.5) is 5.82 Å². The highest BCUT2D eigenvalue weighted by Gasteiger charge is 2.29. The number of fused-ring (bicyclic) bond motifs is 1. The molecule has 0 bridgehead atoms. The van der Waals surface area contributed by atoms with Crippen LogP contribution in [0, 0.1) is 5.92 Å². The Hall–Kier alpha value is -1.44. The fourth-order valence-electron chi connectivity index (χ4n) is 3.47. The van der Waals surface area contributed by atoms with Gasteiger partial charge in [0.1, 0.15) is 12.1 Å². The fraction of sp³-hybridized carbons (Fsp3) is 0.562. The lowest BCUT2D eigenvalue weighted by Crippen LogP contribution is -2.51. The second kappa shape index (κ2) is 7.63. The number of anilines is 1. The van der Waals surface area contributed by atoms with Gasteiger partial charge < -0.3 is 15.1 Å². The number of nitrogens with one attached hydrogen (secondary N) is 1. The average molecular weight is 368 g/mol. The number of thiophene rings is 1. The van der Waals surface area contributed by atoms with Crippen molar-refractivity contribution in [3.05, 3.63) is 17.8 Å². The molecule has 0 spiro atoms. The molecule has 0 atom stereocenters. The van der Waals surface area contributed by atoms with Gasteiger partial charge in [0.15, 0.2) is 0 Å². The van der Waals surface area contributed by atoms with Gasteiger partial charge in [-0.2, -0.15) is 0 Å². The minimum Gasteiger partial charge on any atom is -0.352 e. The third kappa shape index (κ3) is 3.34. The van der Waals surface area contributed by atoms with Gasteiger partial charge in [-0.05, 0) is 37.4 Å². The lowest BCUT2D eigenvalue weighted by atomic mass is 9.96. The highest BCUT2D eigenvalue weighted by atomic mass is 35.5. The molecule has 1 amide bonds. The Morgan fingerprint density at radius 3 is 2.67 bits per heavy atom. The van der Waals surface area contributed by atoms with Crippen molar-refractivity contribution in [1.29, 1.82) is 0 Å². The molecular weight excluding hydrogens is 346 g/mol. The first-order valence-corrected chi connectivity index (χ1v) is 9.13. The van der Waals surface area contributed by atoms with Gasteiger partial charge in [-0.3, -0.25) is 4.79 Å². The molecule has 2 aromatic rings. The SMILES string of the molecule is Cl.O=C(C1CCNCC1)N1CCN(c2ncnc3ccsc23)CC1. The number of piperidine rings is 1. The van der Waals surface area contributed by atoms with Gasteiger partial charge in [-0.15, -0.1) is 23.7 Å². The standard InChI is InChI=1S/C16H21N5OS.ClH/c22-16(12-1-4-17-5-2-12)21-8-6-20(7-9-21)15-14-13(3-10-23-14)18-11-19-15;/h3,10-12,17H,1-2,4-9H2;1H. The second-order valence-corrected chi connectivity index (χ2v) is 7.08. The summed E-state index contributed by atoms with van der Waals surface area (Å²) < 4.78 is 1.14. The number of piperazine rings is 1. The minimum atomic E-state index is 0. The summed E-state index contributed by atoms with van der Waals surface area (Å²) in [4.78, 5) is 25.7. The summed E-state index contributed by atoms with van der Waals surface area (Å²) in [5, 5.41) is 5.38. The van der Waals surface area contributed by atoms with Crippen molar-refractivity contribution in [2.75, 3.05) is 44.2 Å². The summed E-state index contributed by atoms with van der Waals surface area (Å²) in [5.41, 5.74) is 1.01. The van der Waals surface area contributed by atoms with E-state index in [4.69, 9.17) is 0 Å². The van der Waals surface area contributed by atoms with Crippen molar-refractivity contribution in [3.8, 4) is 0 Å². The lowest BCUT2D eigenvalue weighted by molar-refractivity contribution is -0.136. The molecule has 2 aliphatic heterocycles. The molecule has 2 aromatic heterocycles. The molecule has 4 heterocycles. The Morgan fingerprint density at radius 2 is 1.92 bits per heavy atom. The Morgan fingerprint density at radius 1 is 1.17 bits per heavy atom. The molecule has 2 fully saturated rings. The monoisotopic (exact) mass is 367 g/mol. The topological polar surface area (TPSA) is 61.4 Å². The Labute approximate surface area is 151 Å². The van der Waals surface area contributed by atoms with E-state index >= 15 is 0 Å². The first-order valence-electron chi connectivity index (χ1n) is 8.25. The highest BCUT2D eigenvalue weighted by molar-refractivity contribution is 7.17. The molecule has 130 valence electrons. The van der Waals surface area contributed by atoms with Crippen LogP contribution >= 0.6 is 23.7 Å². The number of carbonyl (C=O) groups excluding carboxylic acids is 1. The number of carbonyl (C=O) groups is 1. The maximum atomic E-state index is 12.6. The minimum absolute atomic E-state index is 0. The first kappa shape index (κ1) is 17.4.